The Balaban J connectivity index is 1.99. The molecule has 0 spiro atoms. The molecule has 0 heterocycles. The normalized spacial score (nSPS) is 15.1. The second-order valence-electron chi connectivity index (χ2n) is 5.38. The maximum absolute atomic E-state index is 9.62. The zero-order valence-corrected chi connectivity index (χ0v) is 10.9. The Morgan fingerprint density at radius 3 is 2.50 bits per heavy atom. The molecular formula is C18H14O2. The summed E-state index contributed by atoms with van der Waals surface area (Å²) in [5, 5.41) is 21.5. The first-order valence-electron chi connectivity index (χ1n) is 6.76. The largest absolute Gasteiger partial charge is 0.508 e. The van der Waals surface area contributed by atoms with Gasteiger partial charge in [0.25, 0.3) is 0 Å². The van der Waals surface area contributed by atoms with Gasteiger partial charge in [0, 0.05) is 0 Å². The molecule has 20 heavy (non-hydrogen) atoms. The SMILES string of the molecule is OC1=CCc2c3c(ccc2=C1)=Cc1cc(O)ccc1C3. The van der Waals surface area contributed by atoms with Gasteiger partial charge in [-0.15, -0.1) is 0 Å². The van der Waals surface area contributed by atoms with Crippen LogP contribution in [0.3, 0.4) is 0 Å². The third kappa shape index (κ3) is 1.65. The summed E-state index contributed by atoms with van der Waals surface area (Å²) in [6.07, 6.45) is 7.47. The molecule has 4 rings (SSSR count). The number of hydrogen-bond donors (Lipinski definition) is 2. The minimum atomic E-state index is 0.308. The Morgan fingerprint density at radius 1 is 0.850 bits per heavy atom. The lowest BCUT2D eigenvalue weighted by molar-refractivity contribution is 0.438. The quantitative estimate of drug-likeness (QED) is 0.649. The molecule has 0 fully saturated rings. The third-order valence-corrected chi connectivity index (χ3v) is 4.13. The molecule has 0 aliphatic heterocycles. The number of hydrogen-bond acceptors (Lipinski definition) is 2. The van der Waals surface area contributed by atoms with Crippen LogP contribution in [0.25, 0.3) is 12.2 Å². The summed E-state index contributed by atoms with van der Waals surface area (Å²) in [5.41, 5.74) is 4.97. The van der Waals surface area contributed by atoms with Crippen LogP contribution in [0.2, 0.25) is 0 Å². The average Bonchev–Trinajstić information content (AvgIpc) is 2.44. The molecule has 0 saturated heterocycles. The molecule has 0 atom stereocenters. The first-order chi connectivity index (χ1) is 9.70. The third-order valence-electron chi connectivity index (χ3n) is 4.13. The summed E-state index contributed by atoms with van der Waals surface area (Å²) in [7, 11) is 0. The van der Waals surface area contributed by atoms with Crippen molar-refractivity contribution < 1.29 is 10.2 Å². The van der Waals surface area contributed by atoms with Crippen LogP contribution in [0.4, 0.5) is 0 Å². The molecule has 2 nitrogen and oxygen atoms in total. The van der Waals surface area contributed by atoms with Crippen LogP contribution in [0, 0.1) is 0 Å². The number of fused-ring (bicyclic) bond motifs is 4. The van der Waals surface area contributed by atoms with E-state index in [0.717, 1.165) is 23.6 Å². The number of aliphatic hydroxyl groups excluding tert-OH is 1. The van der Waals surface area contributed by atoms with Crippen molar-refractivity contribution >= 4 is 12.2 Å². The van der Waals surface area contributed by atoms with Gasteiger partial charge < -0.3 is 10.2 Å². The molecule has 0 radical (unpaired) electrons. The highest BCUT2D eigenvalue weighted by Crippen LogP contribution is 2.23. The van der Waals surface area contributed by atoms with E-state index in [0.29, 0.717) is 11.5 Å². The van der Waals surface area contributed by atoms with E-state index in [1.165, 1.54) is 21.9 Å². The van der Waals surface area contributed by atoms with Gasteiger partial charge in [0.2, 0.25) is 0 Å². The molecule has 98 valence electrons. The zero-order chi connectivity index (χ0) is 13.7. The maximum atomic E-state index is 9.62. The Kier molecular flexibility index (Phi) is 2.27. The van der Waals surface area contributed by atoms with Gasteiger partial charge in [0.05, 0.1) is 0 Å². The first-order valence-corrected chi connectivity index (χ1v) is 6.76. The fraction of sp³-hybridized carbons (Fsp3) is 0.111. The Morgan fingerprint density at radius 2 is 1.65 bits per heavy atom. The van der Waals surface area contributed by atoms with Crippen LogP contribution in [-0.2, 0) is 12.8 Å². The summed E-state index contributed by atoms with van der Waals surface area (Å²) in [6.45, 7) is 0. The van der Waals surface area contributed by atoms with E-state index in [2.05, 4.69) is 18.2 Å². The van der Waals surface area contributed by atoms with Crippen LogP contribution >= 0.6 is 0 Å². The number of phenols is 1. The number of allylic oxidation sites excluding steroid dienone is 2. The lowest BCUT2D eigenvalue weighted by atomic mass is 9.86. The molecule has 0 saturated carbocycles. The van der Waals surface area contributed by atoms with Gasteiger partial charge in [-0.05, 0) is 75.9 Å². The van der Waals surface area contributed by atoms with Crippen molar-refractivity contribution in [2.45, 2.75) is 12.8 Å². The van der Waals surface area contributed by atoms with Crippen LogP contribution < -0.4 is 10.4 Å². The highest BCUT2D eigenvalue weighted by molar-refractivity contribution is 5.63. The van der Waals surface area contributed by atoms with E-state index >= 15 is 0 Å². The fourth-order valence-electron chi connectivity index (χ4n) is 3.11. The average molecular weight is 262 g/mol. The number of phenolic OH excluding ortho intramolecular Hbond substituents is 1. The lowest BCUT2D eigenvalue weighted by Crippen LogP contribution is -2.26. The minimum absolute atomic E-state index is 0.308. The van der Waals surface area contributed by atoms with Crippen molar-refractivity contribution in [1.82, 2.24) is 0 Å². The number of benzene rings is 2. The van der Waals surface area contributed by atoms with Crippen molar-refractivity contribution in [2.75, 3.05) is 0 Å². The van der Waals surface area contributed by atoms with Crippen LogP contribution in [-0.4, -0.2) is 10.2 Å². The predicted octanol–water partition coefficient (Wildman–Crippen LogP) is 1.90. The molecular weight excluding hydrogens is 248 g/mol. The molecule has 2 N–H and O–H groups in total. The second kappa shape index (κ2) is 4.01. The highest BCUT2D eigenvalue weighted by Gasteiger charge is 2.15. The van der Waals surface area contributed by atoms with Gasteiger partial charge in [-0.3, -0.25) is 0 Å². The predicted molar refractivity (Wildman–Crippen MR) is 79.1 cm³/mol. The molecule has 2 aliphatic carbocycles. The van der Waals surface area contributed by atoms with Crippen molar-refractivity contribution in [3.8, 4) is 5.75 Å². The van der Waals surface area contributed by atoms with Gasteiger partial charge in [0.1, 0.15) is 11.5 Å². The molecule has 2 aromatic rings. The molecule has 2 aromatic carbocycles. The molecule has 0 amide bonds. The van der Waals surface area contributed by atoms with Gasteiger partial charge in [0.15, 0.2) is 0 Å². The molecule has 0 bridgehead atoms. The summed E-state index contributed by atoms with van der Waals surface area (Å²) >= 11 is 0. The van der Waals surface area contributed by atoms with E-state index in [4.69, 9.17) is 0 Å². The topological polar surface area (TPSA) is 40.5 Å². The molecule has 2 aliphatic rings. The summed E-state index contributed by atoms with van der Waals surface area (Å²) < 4.78 is 0. The standard InChI is InChI=1S/C18H14O2/c19-15-4-3-11-10-18-12(7-14(11)9-15)1-2-13-8-16(20)5-6-17(13)18/h1-5,7-9,19-20H,6,10H2. The number of aromatic hydroxyl groups is 1. The smallest absolute Gasteiger partial charge is 0.116 e. The second-order valence-corrected chi connectivity index (χ2v) is 5.38. The van der Waals surface area contributed by atoms with Crippen molar-refractivity contribution in [1.29, 1.82) is 0 Å². The maximum Gasteiger partial charge on any atom is 0.116 e. The molecule has 0 unspecified atom stereocenters. The van der Waals surface area contributed by atoms with Crippen LogP contribution in [0.5, 0.6) is 5.75 Å². The summed E-state index contributed by atoms with van der Waals surface area (Å²) in [4.78, 5) is 0. The first kappa shape index (κ1) is 11.4. The Hall–Kier alpha value is -2.48. The molecule has 2 heteroatoms. The highest BCUT2D eigenvalue weighted by atomic mass is 16.3. The van der Waals surface area contributed by atoms with E-state index < -0.39 is 0 Å². The van der Waals surface area contributed by atoms with E-state index in [-0.39, 0.29) is 0 Å². The minimum Gasteiger partial charge on any atom is -0.508 e. The van der Waals surface area contributed by atoms with E-state index in [1.54, 1.807) is 6.07 Å². The van der Waals surface area contributed by atoms with Gasteiger partial charge in [-0.1, -0.05) is 18.2 Å². The zero-order valence-electron chi connectivity index (χ0n) is 10.9. The molecule has 0 aromatic heterocycles. The van der Waals surface area contributed by atoms with Crippen LogP contribution in [0.15, 0.2) is 42.2 Å². The van der Waals surface area contributed by atoms with Gasteiger partial charge in [-0.25, -0.2) is 0 Å². The number of rotatable bonds is 0. The van der Waals surface area contributed by atoms with Crippen LogP contribution in [0.1, 0.15) is 22.3 Å². The Bertz CT molecular complexity index is 873. The summed E-state index contributed by atoms with van der Waals surface area (Å²) in [6, 6.07) is 9.70. The van der Waals surface area contributed by atoms with E-state index in [1.807, 2.05) is 24.3 Å². The van der Waals surface area contributed by atoms with E-state index in [9.17, 15) is 10.2 Å². The van der Waals surface area contributed by atoms with Gasteiger partial charge in [-0.2, -0.15) is 0 Å². The monoisotopic (exact) mass is 262 g/mol. The van der Waals surface area contributed by atoms with Gasteiger partial charge >= 0.3 is 0 Å². The van der Waals surface area contributed by atoms with Crippen molar-refractivity contribution in [3.05, 3.63) is 74.9 Å². The fourth-order valence-corrected chi connectivity index (χ4v) is 3.11. The van der Waals surface area contributed by atoms with Crippen molar-refractivity contribution in [3.63, 3.8) is 0 Å². The summed E-state index contributed by atoms with van der Waals surface area (Å²) in [5.74, 6) is 0.658. The number of aliphatic hydroxyl groups is 1. The lowest BCUT2D eigenvalue weighted by Gasteiger charge is -2.18. The van der Waals surface area contributed by atoms with Crippen molar-refractivity contribution in [2.24, 2.45) is 0 Å². The Labute approximate surface area is 116 Å².